The maximum atomic E-state index is 13.1. The lowest BCUT2D eigenvalue weighted by Gasteiger charge is -2.32. The molecule has 7 nitrogen and oxygen atoms in total. The van der Waals surface area contributed by atoms with Gasteiger partial charge in [-0.1, -0.05) is 6.92 Å². The quantitative estimate of drug-likeness (QED) is 0.487. The van der Waals surface area contributed by atoms with Gasteiger partial charge in [-0.25, -0.2) is 9.59 Å². The van der Waals surface area contributed by atoms with Gasteiger partial charge >= 0.3 is 11.9 Å². The van der Waals surface area contributed by atoms with Crippen molar-refractivity contribution in [1.29, 1.82) is 0 Å². The van der Waals surface area contributed by atoms with Crippen LogP contribution in [0.1, 0.15) is 34.1 Å². The third-order valence-electron chi connectivity index (χ3n) is 4.09. The van der Waals surface area contributed by atoms with E-state index in [0.717, 1.165) is 0 Å². The Morgan fingerprint density at radius 3 is 2.20 bits per heavy atom. The smallest absolute Gasteiger partial charge is 0.347 e. The topological polar surface area (TPSA) is 76.2 Å². The van der Waals surface area contributed by atoms with E-state index in [1.807, 2.05) is 13.8 Å². The van der Waals surface area contributed by atoms with Crippen LogP contribution in [0.5, 0.6) is 0 Å². The Labute approximate surface area is 149 Å². The second-order valence-electron chi connectivity index (χ2n) is 5.84. The Kier molecular flexibility index (Phi) is 7.21. The fourth-order valence-electron chi connectivity index (χ4n) is 2.75. The minimum atomic E-state index is -1.50. The molecule has 25 heavy (non-hydrogen) atoms. The van der Waals surface area contributed by atoms with Crippen molar-refractivity contribution in [2.75, 3.05) is 33.8 Å². The van der Waals surface area contributed by atoms with Gasteiger partial charge in [-0.3, -0.25) is 4.79 Å². The van der Waals surface area contributed by atoms with Crippen molar-refractivity contribution in [2.45, 2.75) is 39.7 Å². The Morgan fingerprint density at radius 2 is 1.76 bits per heavy atom. The molecular formula is C18H28N2O5. The van der Waals surface area contributed by atoms with Crippen LogP contribution >= 0.6 is 0 Å². The lowest BCUT2D eigenvalue weighted by atomic mass is 9.87. The number of nitrogens with zero attached hydrogens (tertiary/aromatic N) is 2. The van der Waals surface area contributed by atoms with Gasteiger partial charge in [0.2, 0.25) is 5.60 Å². The minimum Gasteiger partial charge on any atom is -0.462 e. The van der Waals surface area contributed by atoms with Crippen LogP contribution in [0.15, 0.2) is 23.4 Å². The van der Waals surface area contributed by atoms with Gasteiger partial charge in [0.25, 0.3) is 5.91 Å². The van der Waals surface area contributed by atoms with E-state index in [-0.39, 0.29) is 30.1 Å². The average Bonchev–Trinajstić information content (AvgIpc) is 2.86. The zero-order valence-corrected chi connectivity index (χ0v) is 15.9. The van der Waals surface area contributed by atoms with Gasteiger partial charge in [0.15, 0.2) is 5.57 Å². The number of amides is 1. The van der Waals surface area contributed by atoms with E-state index in [0.29, 0.717) is 13.1 Å². The molecule has 0 radical (unpaired) electrons. The molecule has 7 heteroatoms. The molecule has 0 aromatic heterocycles. The number of hydrogen-bond donors (Lipinski definition) is 0. The Hall–Kier alpha value is -2.31. The third kappa shape index (κ3) is 4.03. The molecule has 0 spiro atoms. The summed E-state index contributed by atoms with van der Waals surface area (Å²) in [4.78, 5) is 41.2. The zero-order valence-electron chi connectivity index (χ0n) is 15.9. The van der Waals surface area contributed by atoms with Crippen LogP contribution in [0.25, 0.3) is 0 Å². The number of cyclic esters (lactones) is 1. The first-order chi connectivity index (χ1) is 11.8. The first-order valence-corrected chi connectivity index (χ1v) is 8.58. The lowest BCUT2D eigenvalue weighted by Crippen LogP contribution is -2.50. The minimum absolute atomic E-state index is 0.128. The molecule has 0 aromatic carbocycles. The van der Waals surface area contributed by atoms with Crippen LogP contribution in [-0.2, 0) is 23.9 Å². The first-order valence-electron chi connectivity index (χ1n) is 8.58. The summed E-state index contributed by atoms with van der Waals surface area (Å²) in [5.41, 5.74) is -1.45. The van der Waals surface area contributed by atoms with Crippen molar-refractivity contribution in [3.63, 3.8) is 0 Å². The van der Waals surface area contributed by atoms with Crippen LogP contribution in [0.4, 0.5) is 0 Å². The van der Waals surface area contributed by atoms with E-state index in [2.05, 4.69) is 0 Å². The van der Waals surface area contributed by atoms with E-state index >= 15 is 0 Å². The predicted molar refractivity (Wildman–Crippen MR) is 93.5 cm³/mol. The number of hydrogen-bond acceptors (Lipinski definition) is 6. The SMILES string of the molecule is CCOC(=O)C1=C(C=CN(C)C)[C@@](CC)(C(=O)N(CC)CC)OC1=O. The summed E-state index contributed by atoms with van der Waals surface area (Å²) in [5.74, 6) is -1.92. The van der Waals surface area contributed by atoms with Crippen molar-refractivity contribution in [3.05, 3.63) is 23.4 Å². The molecule has 0 saturated heterocycles. The van der Waals surface area contributed by atoms with Crippen LogP contribution in [0.3, 0.4) is 0 Å². The number of carbonyl (C=O) groups is 3. The summed E-state index contributed by atoms with van der Waals surface area (Å²) in [5, 5.41) is 0. The van der Waals surface area contributed by atoms with E-state index in [4.69, 9.17) is 9.47 Å². The van der Waals surface area contributed by atoms with Gasteiger partial charge in [0, 0.05) is 32.8 Å². The Balaban J connectivity index is 3.57. The van der Waals surface area contributed by atoms with Crippen LogP contribution < -0.4 is 0 Å². The van der Waals surface area contributed by atoms with Gasteiger partial charge in [-0.05, 0) is 39.5 Å². The average molecular weight is 352 g/mol. The number of carbonyl (C=O) groups excluding carboxylic acids is 3. The molecule has 1 rings (SSSR count). The molecule has 0 saturated carbocycles. The standard InChI is InChI=1S/C18H28N2O5/c1-7-18(17(23)20(8-2)9-3)13(11-12-19(5)6)14(16(22)25-18)15(21)24-10-4/h11-12H,7-10H2,1-6H3/t18-/m0/s1. The fourth-order valence-corrected chi connectivity index (χ4v) is 2.75. The highest BCUT2D eigenvalue weighted by atomic mass is 16.6. The maximum Gasteiger partial charge on any atom is 0.347 e. The fraction of sp³-hybridized carbons (Fsp3) is 0.611. The molecule has 0 aromatic rings. The molecule has 1 heterocycles. The number of likely N-dealkylation sites (N-methyl/N-ethyl adjacent to an activating group) is 1. The highest BCUT2D eigenvalue weighted by Crippen LogP contribution is 2.39. The van der Waals surface area contributed by atoms with Gasteiger partial charge in [0.1, 0.15) is 0 Å². The molecule has 0 N–H and O–H groups in total. The molecule has 0 fully saturated rings. The van der Waals surface area contributed by atoms with Crippen molar-refractivity contribution in [1.82, 2.24) is 9.80 Å². The van der Waals surface area contributed by atoms with E-state index < -0.39 is 17.5 Å². The monoisotopic (exact) mass is 352 g/mol. The highest BCUT2D eigenvalue weighted by Gasteiger charge is 2.54. The molecule has 1 amide bonds. The zero-order chi connectivity index (χ0) is 19.2. The number of rotatable bonds is 8. The summed E-state index contributed by atoms with van der Waals surface area (Å²) < 4.78 is 10.5. The summed E-state index contributed by atoms with van der Waals surface area (Å²) >= 11 is 0. The number of ether oxygens (including phenoxy) is 2. The maximum absolute atomic E-state index is 13.1. The third-order valence-corrected chi connectivity index (χ3v) is 4.09. The van der Waals surface area contributed by atoms with E-state index in [9.17, 15) is 14.4 Å². The summed E-state index contributed by atoms with van der Waals surface area (Å²) in [7, 11) is 3.61. The van der Waals surface area contributed by atoms with E-state index in [1.165, 1.54) is 0 Å². The van der Waals surface area contributed by atoms with Gasteiger partial charge in [0.05, 0.1) is 6.61 Å². The predicted octanol–water partition coefficient (Wildman–Crippen LogP) is 1.50. The first kappa shape index (κ1) is 20.7. The molecule has 0 unspecified atom stereocenters. The van der Waals surface area contributed by atoms with Gasteiger partial charge < -0.3 is 19.3 Å². The molecule has 1 aliphatic rings. The summed E-state index contributed by atoms with van der Waals surface area (Å²) in [6, 6.07) is 0. The lowest BCUT2D eigenvalue weighted by molar-refractivity contribution is -0.164. The molecule has 0 aliphatic carbocycles. The molecule has 1 atom stereocenters. The van der Waals surface area contributed by atoms with Crippen molar-refractivity contribution in [3.8, 4) is 0 Å². The van der Waals surface area contributed by atoms with Crippen molar-refractivity contribution < 1.29 is 23.9 Å². The molecule has 1 aliphatic heterocycles. The highest BCUT2D eigenvalue weighted by molar-refractivity contribution is 6.19. The summed E-state index contributed by atoms with van der Waals surface area (Å²) in [6.45, 7) is 8.21. The largest absolute Gasteiger partial charge is 0.462 e. The van der Waals surface area contributed by atoms with Gasteiger partial charge in [-0.15, -0.1) is 0 Å². The normalized spacial score (nSPS) is 20.0. The van der Waals surface area contributed by atoms with Crippen molar-refractivity contribution >= 4 is 17.8 Å². The second kappa shape index (κ2) is 8.69. The Morgan fingerprint density at radius 1 is 1.16 bits per heavy atom. The summed E-state index contributed by atoms with van der Waals surface area (Å²) in [6.07, 6.45) is 3.49. The van der Waals surface area contributed by atoms with Crippen LogP contribution in [-0.4, -0.2) is 67.0 Å². The Bertz CT molecular complexity index is 590. The van der Waals surface area contributed by atoms with E-state index in [1.54, 1.807) is 50.0 Å². The van der Waals surface area contributed by atoms with Crippen LogP contribution in [0, 0.1) is 0 Å². The van der Waals surface area contributed by atoms with Crippen LogP contribution in [0.2, 0.25) is 0 Å². The molecule has 0 bridgehead atoms. The van der Waals surface area contributed by atoms with Gasteiger partial charge in [-0.2, -0.15) is 0 Å². The van der Waals surface area contributed by atoms with Crippen molar-refractivity contribution in [2.24, 2.45) is 0 Å². The number of esters is 2. The second-order valence-corrected chi connectivity index (χ2v) is 5.84. The molecular weight excluding hydrogens is 324 g/mol. The molecule has 140 valence electrons.